The predicted molar refractivity (Wildman–Crippen MR) is 92.0 cm³/mol. The fraction of sp³-hybridized carbons (Fsp3) is 0.400. The summed E-state index contributed by atoms with van der Waals surface area (Å²) in [6.45, 7) is 5.37. The molecule has 1 aromatic carbocycles. The lowest BCUT2D eigenvalue weighted by molar-refractivity contribution is -0.155. The number of primary amides is 1. The Morgan fingerprint density at radius 1 is 1.35 bits per heavy atom. The molecule has 0 fully saturated rings. The molecule has 3 N–H and O–H groups in total. The molecule has 0 radical (unpaired) electrons. The largest absolute Gasteiger partial charge is 0.451 e. The van der Waals surface area contributed by atoms with Gasteiger partial charge in [-0.25, -0.2) is 4.79 Å². The first kappa shape index (κ1) is 19.5. The zero-order valence-electron chi connectivity index (χ0n) is 13.1. The SMILES string of the molecule is Cc1cc(Br)ccc1SCC(=O)O[C@H](C(=O)NC(N)=O)C(C)C. The van der Waals surface area contributed by atoms with Crippen LogP contribution in [0.25, 0.3) is 0 Å². The Morgan fingerprint density at radius 3 is 2.52 bits per heavy atom. The Balaban J connectivity index is 2.62. The minimum absolute atomic E-state index is 0.0650. The summed E-state index contributed by atoms with van der Waals surface area (Å²) in [5.74, 6) is -1.46. The summed E-state index contributed by atoms with van der Waals surface area (Å²) in [6, 6.07) is 4.76. The first-order valence-electron chi connectivity index (χ1n) is 6.89. The number of thioether (sulfide) groups is 1. The minimum atomic E-state index is -1.05. The van der Waals surface area contributed by atoms with Crippen molar-refractivity contribution in [1.29, 1.82) is 0 Å². The second-order valence-corrected chi connectivity index (χ2v) is 7.14. The van der Waals surface area contributed by atoms with Crippen LogP contribution in [0.2, 0.25) is 0 Å². The van der Waals surface area contributed by atoms with Gasteiger partial charge in [-0.15, -0.1) is 11.8 Å². The average Bonchev–Trinajstić information content (AvgIpc) is 2.42. The van der Waals surface area contributed by atoms with Crippen LogP contribution in [0.15, 0.2) is 27.6 Å². The van der Waals surface area contributed by atoms with Crippen LogP contribution in [0.3, 0.4) is 0 Å². The van der Waals surface area contributed by atoms with E-state index in [2.05, 4.69) is 15.9 Å². The number of nitrogens with two attached hydrogens (primary N) is 1. The van der Waals surface area contributed by atoms with Crippen LogP contribution in [0.1, 0.15) is 19.4 Å². The molecular weight excluding hydrogens is 384 g/mol. The normalized spacial score (nSPS) is 11.9. The molecule has 126 valence electrons. The number of rotatable bonds is 6. The highest BCUT2D eigenvalue weighted by molar-refractivity contribution is 9.10. The number of hydrogen-bond donors (Lipinski definition) is 2. The number of hydrogen-bond acceptors (Lipinski definition) is 5. The number of halogens is 1. The summed E-state index contributed by atoms with van der Waals surface area (Å²) < 4.78 is 6.13. The lowest BCUT2D eigenvalue weighted by Gasteiger charge is -2.19. The van der Waals surface area contributed by atoms with E-state index in [0.29, 0.717) is 0 Å². The number of carbonyl (C=O) groups excluding carboxylic acids is 3. The van der Waals surface area contributed by atoms with Crippen LogP contribution >= 0.6 is 27.7 Å². The van der Waals surface area contributed by atoms with E-state index in [9.17, 15) is 14.4 Å². The number of carbonyl (C=O) groups is 3. The van der Waals surface area contributed by atoms with Crippen molar-refractivity contribution in [2.75, 3.05) is 5.75 Å². The fourth-order valence-electron chi connectivity index (χ4n) is 1.77. The quantitative estimate of drug-likeness (QED) is 0.562. The third kappa shape index (κ3) is 6.62. The standard InChI is InChI=1S/C15H19BrN2O4S/c1-8(2)13(14(20)18-15(17)21)22-12(19)7-23-11-5-4-10(16)6-9(11)3/h4-6,8,13H,7H2,1-3H3,(H3,17,18,20,21)/t13-/m0/s1. The van der Waals surface area contributed by atoms with Crippen molar-refractivity contribution in [2.24, 2.45) is 11.7 Å². The van der Waals surface area contributed by atoms with Gasteiger partial charge in [-0.3, -0.25) is 14.9 Å². The van der Waals surface area contributed by atoms with Crippen molar-refractivity contribution in [2.45, 2.75) is 31.8 Å². The summed E-state index contributed by atoms with van der Waals surface area (Å²) in [4.78, 5) is 35.4. The highest BCUT2D eigenvalue weighted by Crippen LogP contribution is 2.25. The van der Waals surface area contributed by atoms with E-state index in [1.165, 1.54) is 11.8 Å². The Morgan fingerprint density at radius 2 is 2.00 bits per heavy atom. The molecule has 0 bridgehead atoms. The summed E-state index contributed by atoms with van der Waals surface area (Å²) in [5, 5.41) is 1.93. The van der Waals surface area contributed by atoms with Gasteiger partial charge in [0.2, 0.25) is 0 Å². The number of amides is 3. The van der Waals surface area contributed by atoms with Gasteiger partial charge in [0, 0.05) is 9.37 Å². The molecule has 23 heavy (non-hydrogen) atoms. The van der Waals surface area contributed by atoms with E-state index in [4.69, 9.17) is 10.5 Å². The molecule has 0 aliphatic heterocycles. The van der Waals surface area contributed by atoms with E-state index in [0.717, 1.165) is 14.9 Å². The Labute approximate surface area is 147 Å². The predicted octanol–water partition coefficient (Wildman–Crippen LogP) is 2.61. The van der Waals surface area contributed by atoms with Crippen LogP contribution in [0, 0.1) is 12.8 Å². The van der Waals surface area contributed by atoms with Gasteiger partial charge >= 0.3 is 12.0 Å². The molecule has 3 amide bonds. The summed E-state index contributed by atoms with van der Waals surface area (Å²) >= 11 is 4.70. The van der Waals surface area contributed by atoms with Crippen LogP contribution in [-0.2, 0) is 14.3 Å². The van der Waals surface area contributed by atoms with Gasteiger partial charge in [0.25, 0.3) is 5.91 Å². The van der Waals surface area contributed by atoms with E-state index in [1.54, 1.807) is 13.8 Å². The van der Waals surface area contributed by atoms with Crippen LogP contribution in [0.5, 0.6) is 0 Å². The first-order chi connectivity index (χ1) is 10.7. The molecule has 0 aliphatic carbocycles. The number of benzene rings is 1. The number of aryl methyl sites for hydroxylation is 1. The smallest absolute Gasteiger partial charge is 0.318 e. The van der Waals surface area contributed by atoms with Crippen molar-refractivity contribution in [3.05, 3.63) is 28.2 Å². The molecule has 8 heteroatoms. The first-order valence-corrected chi connectivity index (χ1v) is 8.67. The molecular formula is C15H19BrN2O4S. The molecule has 0 heterocycles. The zero-order chi connectivity index (χ0) is 17.6. The van der Waals surface area contributed by atoms with Gasteiger partial charge in [0.05, 0.1) is 5.75 Å². The summed E-state index contributed by atoms with van der Waals surface area (Å²) in [6.07, 6.45) is -1.05. The topological polar surface area (TPSA) is 98.5 Å². The maximum Gasteiger partial charge on any atom is 0.318 e. The Bertz CT molecular complexity index is 607. The molecule has 6 nitrogen and oxygen atoms in total. The van der Waals surface area contributed by atoms with Gasteiger partial charge in [-0.2, -0.15) is 0 Å². The second-order valence-electron chi connectivity index (χ2n) is 5.21. The Kier molecular flexibility index (Phi) is 7.57. The van der Waals surface area contributed by atoms with E-state index < -0.39 is 24.0 Å². The number of esters is 1. The lowest BCUT2D eigenvalue weighted by atomic mass is 10.1. The van der Waals surface area contributed by atoms with Crippen LogP contribution in [0.4, 0.5) is 4.79 Å². The molecule has 0 spiro atoms. The van der Waals surface area contributed by atoms with Crippen molar-refractivity contribution >= 4 is 45.6 Å². The van der Waals surface area contributed by atoms with Gasteiger partial charge in [-0.1, -0.05) is 29.8 Å². The van der Waals surface area contributed by atoms with Gasteiger partial charge < -0.3 is 10.5 Å². The monoisotopic (exact) mass is 402 g/mol. The molecule has 1 aromatic rings. The van der Waals surface area contributed by atoms with Crippen LogP contribution in [-0.4, -0.2) is 29.8 Å². The molecule has 0 saturated carbocycles. The zero-order valence-corrected chi connectivity index (χ0v) is 15.5. The highest BCUT2D eigenvalue weighted by atomic mass is 79.9. The van der Waals surface area contributed by atoms with Crippen molar-refractivity contribution in [3.8, 4) is 0 Å². The summed E-state index contributed by atoms with van der Waals surface area (Å²) in [7, 11) is 0. The molecule has 0 saturated heterocycles. The highest BCUT2D eigenvalue weighted by Gasteiger charge is 2.27. The van der Waals surface area contributed by atoms with Crippen molar-refractivity contribution in [3.63, 3.8) is 0 Å². The van der Waals surface area contributed by atoms with Gasteiger partial charge in [0.15, 0.2) is 6.10 Å². The van der Waals surface area contributed by atoms with E-state index in [-0.39, 0.29) is 11.7 Å². The van der Waals surface area contributed by atoms with Crippen molar-refractivity contribution < 1.29 is 19.1 Å². The Hall–Kier alpha value is -1.54. The van der Waals surface area contributed by atoms with Crippen molar-refractivity contribution in [1.82, 2.24) is 5.32 Å². The average molecular weight is 403 g/mol. The second kappa shape index (κ2) is 8.93. The third-order valence-electron chi connectivity index (χ3n) is 2.85. The number of nitrogens with one attached hydrogen (secondary N) is 1. The third-order valence-corrected chi connectivity index (χ3v) is 4.49. The number of ether oxygens (including phenoxy) is 1. The van der Waals surface area contributed by atoms with E-state index in [1.807, 2.05) is 30.4 Å². The fourth-order valence-corrected chi connectivity index (χ4v) is 3.04. The minimum Gasteiger partial charge on any atom is -0.451 e. The van der Waals surface area contributed by atoms with Gasteiger partial charge in [-0.05, 0) is 36.6 Å². The molecule has 0 aromatic heterocycles. The maximum absolute atomic E-state index is 12.0. The summed E-state index contributed by atoms with van der Waals surface area (Å²) in [5.41, 5.74) is 5.94. The maximum atomic E-state index is 12.0. The molecule has 1 atom stereocenters. The van der Waals surface area contributed by atoms with Crippen LogP contribution < -0.4 is 11.1 Å². The molecule has 0 aliphatic rings. The molecule has 1 rings (SSSR count). The molecule has 0 unspecified atom stereocenters. The number of imide groups is 1. The number of urea groups is 1. The van der Waals surface area contributed by atoms with E-state index >= 15 is 0 Å². The lowest BCUT2D eigenvalue weighted by Crippen LogP contribution is -2.45. The van der Waals surface area contributed by atoms with Gasteiger partial charge in [0.1, 0.15) is 0 Å².